The molecule has 0 aromatic carbocycles. The fourth-order valence-corrected chi connectivity index (χ4v) is 12.0. The molecule has 19 heteroatoms. The highest BCUT2D eigenvalue weighted by Crippen LogP contribution is 2.45. The van der Waals surface area contributed by atoms with Crippen molar-refractivity contribution in [1.82, 2.24) is 0 Å². The number of rotatable bonds is 68. The standard InChI is InChI=1S/C69H134O17P2/c1-7-9-11-13-15-17-18-19-20-21-29-35-41-47-53-68(73)86-65(58-80-67(72)52-46-40-34-28-24-22-26-31-37-43-49-61(3)4)60-84-88(77,78)82-56-63(70)55-81-87(75,76)83-59-64(57-79-66(71)51-45-39-33-16-14-12-10-8-2)85-69(74)54-48-42-36-30-25-23-27-32-38-44-50-62(5)6/h61-65,70H,7-60H2,1-6H3,(H,75,76)(H,77,78)/t63-,64+,65+/m0/s1. The highest BCUT2D eigenvalue weighted by atomic mass is 31.2. The summed E-state index contributed by atoms with van der Waals surface area (Å²) < 4.78 is 68.2. The average Bonchev–Trinajstić information content (AvgIpc) is 3.58. The van der Waals surface area contributed by atoms with Crippen LogP contribution in [-0.4, -0.2) is 96.7 Å². The van der Waals surface area contributed by atoms with Gasteiger partial charge < -0.3 is 33.8 Å². The van der Waals surface area contributed by atoms with Crippen molar-refractivity contribution >= 4 is 39.5 Å². The molecule has 0 aromatic rings. The van der Waals surface area contributed by atoms with Crippen LogP contribution in [0.25, 0.3) is 0 Å². The van der Waals surface area contributed by atoms with Gasteiger partial charge in [0.1, 0.15) is 19.3 Å². The molecule has 0 saturated carbocycles. The van der Waals surface area contributed by atoms with Crippen LogP contribution in [0.5, 0.6) is 0 Å². The minimum atomic E-state index is -4.95. The molecule has 0 fully saturated rings. The molecule has 0 aromatic heterocycles. The fourth-order valence-electron chi connectivity index (χ4n) is 10.4. The number of phosphoric acid groups is 2. The summed E-state index contributed by atoms with van der Waals surface area (Å²) in [6.07, 6.45) is 45.8. The van der Waals surface area contributed by atoms with E-state index in [0.29, 0.717) is 25.7 Å². The summed E-state index contributed by atoms with van der Waals surface area (Å²) in [5.74, 6) is -0.616. The predicted molar refractivity (Wildman–Crippen MR) is 354 cm³/mol. The topological polar surface area (TPSA) is 237 Å². The second-order valence-electron chi connectivity index (χ2n) is 25.9. The van der Waals surface area contributed by atoms with Crippen LogP contribution >= 0.6 is 15.6 Å². The molecule has 3 N–H and O–H groups in total. The zero-order chi connectivity index (χ0) is 65.0. The van der Waals surface area contributed by atoms with E-state index in [1.165, 1.54) is 161 Å². The third-order valence-electron chi connectivity index (χ3n) is 16.0. The highest BCUT2D eigenvalue weighted by molar-refractivity contribution is 7.47. The highest BCUT2D eigenvalue weighted by Gasteiger charge is 2.30. The van der Waals surface area contributed by atoms with E-state index in [4.69, 9.17) is 37.0 Å². The van der Waals surface area contributed by atoms with Crippen LogP contribution in [0.15, 0.2) is 0 Å². The Bertz CT molecular complexity index is 1720. The molecule has 2 unspecified atom stereocenters. The molecule has 0 bridgehead atoms. The Labute approximate surface area is 537 Å². The number of unbranched alkanes of at least 4 members (excludes halogenated alkanes) is 38. The second kappa shape index (κ2) is 61.3. The summed E-state index contributed by atoms with van der Waals surface area (Å²) in [5, 5.41) is 10.6. The Morgan fingerprint density at radius 1 is 0.307 bits per heavy atom. The maximum atomic E-state index is 13.0. The number of carbonyl (C=O) groups excluding carboxylic acids is 4. The van der Waals surface area contributed by atoms with Gasteiger partial charge in [-0.3, -0.25) is 37.3 Å². The van der Waals surface area contributed by atoms with E-state index in [0.717, 1.165) is 108 Å². The van der Waals surface area contributed by atoms with Gasteiger partial charge in [-0.1, -0.05) is 298 Å². The van der Waals surface area contributed by atoms with Crippen molar-refractivity contribution in [2.24, 2.45) is 11.8 Å². The summed E-state index contributed by atoms with van der Waals surface area (Å²) in [7, 11) is -9.90. The Balaban J connectivity index is 5.23. The van der Waals surface area contributed by atoms with Crippen LogP contribution in [0.4, 0.5) is 0 Å². The molecule has 5 atom stereocenters. The molecular weight excluding hydrogens is 1160 g/mol. The summed E-state index contributed by atoms with van der Waals surface area (Å²) in [4.78, 5) is 72.4. The average molecular weight is 1300 g/mol. The van der Waals surface area contributed by atoms with Crippen molar-refractivity contribution in [3.8, 4) is 0 Å². The van der Waals surface area contributed by atoms with Gasteiger partial charge in [0.05, 0.1) is 26.4 Å². The summed E-state index contributed by atoms with van der Waals surface area (Å²) in [5.41, 5.74) is 0. The lowest BCUT2D eigenvalue weighted by Crippen LogP contribution is -2.30. The third kappa shape index (κ3) is 62.8. The Kier molecular flexibility index (Phi) is 59.9. The first-order valence-corrected chi connectivity index (χ1v) is 39.0. The molecule has 0 saturated heterocycles. The maximum absolute atomic E-state index is 13.0. The summed E-state index contributed by atoms with van der Waals surface area (Å²) in [6.45, 7) is 9.50. The van der Waals surface area contributed by atoms with Crippen molar-refractivity contribution in [2.45, 2.75) is 368 Å². The first-order valence-electron chi connectivity index (χ1n) is 36.0. The number of phosphoric ester groups is 2. The van der Waals surface area contributed by atoms with Gasteiger partial charge in [-0.2, -0.15) is 0 Å². The van der Waals surface area contributed by atoms with Crippen LogP contribution in [0.1, 0.15) is 350 Å². The van der Waals surface area contributed by atoms with Gasteiger partial charge in [0, 0.05) is 25.7 Å². The number of hydrogen-bond acceptors (Lipinski definition) is 15. The molecule has 0 rings (SSSR count). The van der Waals surface area contributed by atoms with Gasteiger partial charge in [-0.15, -0.1) is 0 Å². The molecule has 0 aliphatic heterocycles. The van der Waals surface area contributed by atoms with Crippen LogP contribution in [0.3, 0.4) is 0 Å². The predicted octanol–water partition coefficient (Wildman–Crippen LogP) is 19.6. The van der Waals surface area contributed by atoms with Crippen LogP contribution in [0.2, 0.25) is 0 Å². The number of aliphatic hydroxyl groups excluding tert-OH is 1. The van der Waals surface area contributed by atoms with Gasteiger partial charge in [0.2, 0.25) is 0 Å². The maximum Gasteiger partial charge on any atom is 0.472 e. The molecule has 0 heterocycles. The minimum absolute atomic E-state index is 0.106. The fraction of sp³-hybridized carbons (Fsp3) is 0.942. The van der Waals surface area contributed by atoms with Crippen molar-refractivity contribution in [3.63, 3.8) is 0 Å². The summed E-state index contributed by atoms with van der Waals surface area (Å²) >= 11 is 0. The smallest absolute Gasteiger partial charge is 0.462 e. The lowest BCUT2D eigenvalue weighted by Gasteiger charge is -2.21. The van der Waals surface area contributed by atoms with Gasteiger partial charge in [-0.25, -0.2) is 9.13 Å². The quantitative estimate of drug-likeness (QED) is 0.0222. The molecule has 522 valence electrons. The SMILES string of the molecule is CCCCCCCCCCCCCCCCC(=O)O[C@H](COC(=O)CCCCCCCCCCCCC(C)C)COP(=O)(O)OC[C@@H](O)COP(=O)(O)OC[C@@H](COC(=O)CCCCCCCCCC)OC(=O)CCCCCCCCCCCCC(C)C. The molecule has 0 radical (unpaired) electrons. The monoisotopic (exact) mass is 1300 g/mol. The van der Waals surface area contributed by atoms with Gasteiger partial charge in [0.15, 0.2) is 12.2 Å². The van der Waals surface area contributed by atoms with Gasteiger partial charge >= 0.3 is 39.5 Å². The van der Waals surface area contributed by atoms with E-state index in [9.17, 15) is 43.2 Å². The molecule has 0 spiro atoms. The number of carbonyl (C=O) groups is 4. The van der Waals surface area contributed by atoms with E-state index in [-0.39, 0.29) is 25.7 Å². The van der Waals surface area contributed by atoms with Gasteiger partial charge in [0.25, 0.3) is 0 Å². The lowest BCUT2D eigenvalue weighted by molar-refractivity contribution is -0.161. The Hall–Kier alpha value is -1.94. The van der Waals surface area contributed by atoms with Crippen molar-refractivity contribution in [2.75, 3.05) is 39.6 Å². The van der Waals surface area contributed by atoms with E-state index in [1.807, 2.05) is 0 Å². The van der Waals surface area contributed by atoms with E-state index in [1.54, 1.807) is 0 Å². The van der Waals surface area contributed by atoms with E-state index < -0.39 is 97.5 Å². The second-order valence-corrected chi connectivity index (χ2v) is 28.8. The normalized spacial score (nSPS) is 14.2. The first-order chi connectivity index (χ1) is 42.4. The van der Waals surface area contributed by atoms with Crippen LogP contribution < -0.4 is 0 Å². The number of hydrogen-bond donors (Lipinski definition) is 3. The zero-order valence-electron chi connectivity index (χ0n) is 57.0. The van der Waals surface area contributed by atoms with Crippen LogP contribution in [-0.2, 0) is 65.4 Å². The molecule has 0 amide bonds. The largest absolute Gasteiger partial charge is 0.472 e. The van der Waals surface area contributed by atoms with Crippen molar-refractivity contribution < 1.29 is 80.2 Å². The van der Waals surface area contributed by atoms with Crippen LogP contribution in [0, 0.1) is 11.8 Å². The number of ether oxygens (including phenoxy) is 4. The lowest BCUT2D eigenvalue weighted by atomic mass is 10.0. The van der Waals surface area contributed by atoms with Crippen molar-refractivity contribution in [3.05, 3.63) is 0 Å². The molecule has 0 aliphatic rings. The third-order valence-corrected chi connectivity index (χ3v) is 17.9. The number of esters is 4. The molecule has 88 heavy (non-hydrogen) atoms. The molecule has 0 aliphatic carbocycles. The van der Waals surface area contributed by atoms with E-state index >= 15 is 0 Å². The first kappa shape index (κ1) is 86.1. The molecular formula is C69H134O17P2. The van der Waals surface area contributed by atoms with Crippen molar-refractivity contribution in [1.29, 1.82) is 0 Å². The molecule has 17 nitrogen and oxygen atoms in total. The minimum Gasteiger partial charge on any atom is -0.462 e. The zero-order valence-corrected chi connectivity index (χ0v) is 58.8. The van der Waals surface area contributed by atoms with Gasteiger partial charge in [-0.05, 0) is 37.5 Å². The Morgan fingerprint density at radius 3 is 0.773 bits per heavy atom. The Morgan fingerprint density at radius 2 is 0.523 bits per heavy atom. The summed E-state index contributed by atoms with van der Waals surface area (Å²) in [6, 6.07) is 0. The van der Waals surface area contributed by atoms with E-state index in [2.05, 4.69) is 41.5 Å². The number of aliphatic hydroxyl groups is 1.